The molecule has 0 bridgehead atoms. The van der Waals surface area contributed by atoms with Crippen molar-refractivity contribution in [3.8, 4) is 11.3 Å². The summed E-state index contributed by atoms with van der Waals surface area (Å²) in [5, 5.41) is 12.4. The summed E-state index contributed by atoms with van der Waals surface area (Å²) < 4.78 is 14.4. The molecule has 0 aromatic carbocycles. The first-order valence-corrected chi connectivity index (χ1v) is 11.3. The molecule has 0 aliphatic carbocycles. The van der Waals surface area contributed by atoms with Gasteiger partial charge in [-0.25, -0.2) is 9.37 Å². The molecule has 6 nitrogen and oxygen atoms in total. The smallest absolute Gasteiger partial charge is 0.150 e. The predicted octanol–water partition coefficient (Wildman–Crippen LogP) is 4.44. The van der Waals surface area contributed by atoms with Gasteiger partial charge in [0.15, 0.2) is 5.82 Å². The number of piperidine rings is 1. The maximum Gasteiger partial charge on any atom is 0.150 e. The number of pyridine rings is 3. The lowest BCUT2D eigenvalue weighted by Crippen LogP contribution is -2.54. The zero-order valence-corrected chi connectivity index (χ0v) is 19.1. The number of rotatable bonds is 4. The zero-order chi connectivity index (χ0) is 23.2. The number of aromatic amines is 1. The first kappa shape index (κ1) is 21.7. The van der Waals surface area contributed by atoms with E-state index in [1.165, 1.54) is 11.8 Å². The van der Waals surface area contributed by atoms with Gasteiger partial charge >= 0.3 is 0 Å². The highest BCUT2D eigenvalue weighted by Gasteiger charge is 2.46. The number of aryl methyl sites for hydroxylation is 1. The molecular formula is C26H28FN5O. The van der Waals surface area contributed by atoms with Crippen LogP contribution in [0.25, 0.3) is 22.3 Å². The van der Waals surface area contributed by atoms with Gasteiger partial charge in [-0.2, -0.15) is 0 Å². The first-order valence-electron chi connectivity index (χ1n) is 11.3. The van der Waals surface area contributed by atoms with E-state index in [2.05, 4.69) is 38.7 Å². The number of nitrogens with zero attached hydrogens (tertiary/aromatic N) is 4. The summed E-state index contributed by atoms with van der Waals surface area (Å²) >= 11 is 0. The molecule has 0 spiro atoms. The minimum absolute atomic E-state index is 0.0178. The van der Waals surface area contributed by atoms with Gasteiger partial charge in [-0.15, -0.1) is 0 Å². The van der Waals surface area contributed by atoms with Crippen LogP contribution in [0.4, 0.5) is 4.39 Å². The Morgan fingerprint density at radius 2 is 1.85 bits per heavy atom. The number of fused-ring (bicyclic) bond motifs is 1. The minimum atomic E-state index is -0.989. The Labute approximate surface area is 192 Å². The summed E-state index contributed by atoms with van der Waals surface area (Å²) in [6.07, 6.45) is 8.36. The Bertz CT molecular complexity index is 1280. The van der Waals surface area contributed by atoms with Gasteiger partial charge in [-0.05, 0) is 42.3 Å². The number of H-pyrrole nitrogens is 1. The summed E-state index contributed by atoms with van der Waals surface area (Å²) in [6, 6.07) is 7.79. The predicted molar refractivity (Wildman–Crippen MR) is 126 cm³/mol. The first-order chi connectivity index (χ1) is 15.9. The lowest BCUT2D eigenvalue weighted by molar-refractivity contribution is -0.114. The standard InChI is InChI=1S/C26H28FN5O/c1-16-10-23(20-6-9-29-25-24(20)22(27)12-31-25)30-11-21(16)26(33)17(2)13-32(14-18(26)3)15-19-4-7-28-8-5-19/h4-12,17-18,33H,13-15H2,1-3H3,(H,29,31)/t17-,18+,26-. The highest BCUT2D eigenvalue weighted by molar-refractivity contribution is 5.92. The Balaban J connectivity index is 1.45. The van der Waals surface area contributed by atoms with Gasteiger partial charge < -0.3 is 10.1 Å². The number of aromatic nitrogens is 4. The minimum Gasteiger partial charge on any atom is -0.384 e. The van der Waals surface area contributed by atoms with Crippen LogP contribution < -0.4 is 0 Å². The molecule has 33 heavy (non-hydrogen) atoms. The third kappa shape index (κ3) is 3.71. The summed E-state index contributed by atoms with van der Waals surface area (Å²) in [5.74, 6) is -0.313. The van der Waals surface area contributed by atoms with Crippen LogP contribution in [-0.2, 0) is 12.1 Å². The van der Waals surface area contributed by atoms with Gasteiger partial charge in [-0.3, -0.25) is 14.9 Å². The van der Waals surface area contributed by atoms with Crippen molar-refractivity contribution in [2.75, 3.05) is 13.1 Å². The molecule has 170 valence electrons. The zero-order valence-electron chi connectivity index (χ0n) is 19.1. The monoisotopic (exact) mass is 445 g/mol. The van der Waals surface area contributed by atoms with E-state index >= 15 is 0 Å². The van der Waals surface area contributed by atoms with Gasteiger partial charge in [0.25, 0.3) is 0 Å². The molecule has 1 fully saturated rings. The Morgan fingerprint density at radius 1 is 1.12 bits per heavy atom. The quantitative estimate of drug-likeness (QED) is 0.486. The largest absolute Gasteiger partial charge is 0.384 e. The van der Waals surface area contributed by atoms with E-state index in [1.807, 2.05) is 37.5 Å². The number of hydrogen-bond acceptors (Lipinski definition) is 5. The van der Waals surface area contributed by atoms with Crippen molar-refractivity contribution in [3.05, 3.63) is 77.8 Å². The lowest BCUT2D eigenvalue weighted by Gasteiger charge is -2.48. The fraction of sp³-hybridized carbons (Fsp3) is 0.346. The van der Waals surface area contributed by atoms with Crippen molar-refractivity contribution in [2.45, 2.75) is 32.9 Å². The van der Waals surface area contributed by atoms with E-state index in [-0.39, 0.29) is 17.7 Å². The molecular weight excluding hydrogens is 417 g/mol. The maximum absolute atomic E-state index is 14.4. The molecule has 1 saturated heterocycles. The average Bonchev–Trinajstić information content (AvgIpc) is 3.19. The molecule has 0 amide bonds. The van der Waals surface area contributed by atoms with Crippen molar-refractivity contribution in [3.63, 3.8) is 0 Å². The second kappa shape index (κ2) is 8.32. The highest BCUT2D eigenvalue weighted by Crippen LogP contribution is 2.43. The molecule has 0 saturated carbocycles. The van der Waals surface area contributed by atoms with Crippen LogP contribution in [0, 0.1) is 24.6 Å². The number of hydrogen-bond donors (Lipinski definition) is 2. The van der Waals surface area contributed by atoms with Crippen LogP contribution in [0.3, 0.4) is 0 Å². The van der Waals surface area contributed by atoms with Crippen molar-refractivity contribution >= 4 is 11.0 Å². The lowest BCUT2D eigenvalue weighted by atomic mass is 9.70. The second-order valence-electron chi connectivity index (χ2n) is 9.28. The van der Waals surface area contributed by atoms with Crippen LogP contribution in [0.5, 0.6) is 0 Å². The fourth-order valence-electron chi connectivity index (χ4n) is 5.37. The Hall–Kier alpha value is -3.16. The van der Waals surface area contributed by atoms with Crippen LogP contribution in [0.15, 0.2) is 55.2 Å². The van der Waals surface area contributed by atoms with E-state index in [0.717, 1.165) is 30.8 Å². The van der Waals surface area contributed by atoms with Crippen LogP contribution in [0.1, 0.15) is 30.5 Å². The summed E-state index contributed by atoms with van der Waals surface area (Å²) in [7, 11) is 0. The molecule has 0 unspecified atom stereocenters. The van der Waals surface area contributed by atoms with Gasteiger partial charge in [0.2, 0.25) is 0 Å². The second-order valence-corrected chi connectivity index (χ2v) is 9.28. The van der Waals surface area contributed by atoms with Crippen molar-refractivity contribution in [1.29, 1.82) is 0 Å². The van der Waals surface area contributed by atoms with E-state index < -0.39 is 5.60 Å². The highest BCUT2D eigenvalue weighted by atomic mass is 19.1. The molecule has 7 heteroatoms. The summed E-state index contributed by atoms with van der Waals surface area (Å²) in [4.78, 5) is 18.2. The van der Waals surface area contributed by atoms with E-state index in [9.17, 15) is 9.50 Å². The molecule has 4 aromatic heterocycles. The molecule has 3 atom stereocenters. The van der Waals surface area contributed by atoms with E-state index in [1.54, 1.807) is 18.5 Å². The molecule has 2 N–H and O–H groups in total. The van der Waals surface area contributed by atoms with Crippen molar-refractivity contribution < 1.29 is 9.50 Å². The van der Waals surface area contributed by atoms with Crippen LogP contribution >= 0.6 is 0 Å². The summed E-state index contributed by atoms with van der Waals surface area (Å²) in [5.41, 5.74) is 3.87. The third-order valence-electron chi connectivity index (χ3n) is 7.07. The van der Waals surface area contributed by atoms with Crippen molar-refractivity contribution in [2.24, 2.45) is 11.8 Å². The molecule has 1 aliphatic rings. The van der Waals surface area contributed by atoms with Gasteiger partial charge in [-0.1, -0.05) is 13.8 Å². The Morgan fingerprint density at radius 3 is 2.55 bits per heavy atom. The Kier molecular flexibility index (Phi) is 5.46. The number of halogens is 1. The summed E-state index contributed by atoms with van der Waals surface area (Å²) in [6.45, 7) is 8.60. The van der Waals surface area contributed by atoms with Gasteiger partial charge in [0, 0.05) is 73.6 Å². The normalized spacial score (nSPS) is 23.8. The molecule has 1 aliphatic heterocycles. The fourth-order valence-corrected chi connectivity index (χ4v) is 5.37. The van der Waals surface area contributed by atoms with Crippen molar-refractivity contribution in [1.82, 2.24) is 24.8 Å². The van der Waals surface area contributed by atoms with Crippen LogP contribution in [-0.4, -0.2) is 43.0 Å². The number of aliphatic hydroxyl groups is 1. The van der Waals surface area contributed by atoms with E-state index in [0.29, 0.717) is 22.3 Å². The number of nitrogens with one attached hydrogen (secondary N) is 1. The maximum atomic E-state index is 14.4. The third-order valence-corrected chi connectivity index (χ3v) is 7.07. The SMILES string of the molecule is Cc1cc(-c2ccnc3[nH]cc(F)c23)ncc1[C@@]1(O)[C@H](C)CN(Cc2ccncc2)C[C@@H]1C. The number of likely N-dealkylation sites (tertiary alicyclic amines) is 1. The molecule has 4 aromatic rings. The molecule has 5 heterocycles. The van der Waals surface area contributed by atoms with Crippen LogP contribution in [0.2, 0.25) is 0 Å². The average molecular weight is 446 g/mol. The molecule has 5 rings (SSSR count). The van der Waals surface area contributed by atoms with Gasteiger partial charge in [0.1, 0.15) is 5.65 Å². The topological polar surface area (TPSA) is 77.9 Å². The van der Waals surface area contributed by atoms with E-state index in [4.69, 9.17) is 0 Å². The van der Waals surface area contributed by atoms with Gasteiger partial charge in [0.05, 0.1) is 16.7 Å². The molecule has 0 radical (unpaired) electrons.